The van der Waals surface area contributed by atoms with Crippen molar-refractivity contribution < 1.29 is 18.7 Å². The van der Waals surface area contributed by atoms with Crippen molar-refractivity contribution in [1.82, 2.24) is 15.0 Å². The Balaban J connectivity index is 1.54. The fraction of sp³-hybridized carbons (Fsp3) is 0.360. The van der Waals surface area contributed by atoms with E-state index in [9.17, 15) is 9.18 Å². The molecule has 0 amide bonds. The highest BCUT2D eigenvalue weighted by Crippen LogP contribution is 2.30. The van der Waals surface area contributed by atoms with Gasteiger partial charge < -0.3 is 19.7 Å². The maximum absolute atomic E-state index is 13.6. The van der Waals surface area contributed by atoms with Crippen molar-refractivity contribution in [3.8, 4) is 11.1 Å². The number of pyridine rings is 1. The van der Waals surface area contributed by atoms with Crippen molar-refractivity contribution in [1.29, 1.82) is 0 Å². The fourth-order valence-corrected chi connectivity index (χ4v) is 4.12. The van der Waals surface area contributed by atoms with Crippen LogP contribution >= 0.6 is 11.6 Å². The summed E-state index contributed by atoms with van der Waals surface area (Å²) in [5.41, 5.74) is 1.70. The summed E-state index contributed by atoms with van der Waals surface area (Å²) in [5, 5.41) is 3.35. The predicted octanol–water partition coefficient (Wildman–Crippen LogP) is 4.95. The number of anilines is 2. The molecule has 2 unspecified atom stereocenters. The van der Waals surface area contributed by atoms with Gasteiger partial charge in [-0.1, -0.05) is 18.5 Å². The van der Waals surface area contributed by atoms with Crippen molar-refractivity contribution in [3.63, 3.8) is 0 Å². The van der Waals surface area contributed by atoms with Gasteiger partial charge >= 0.3 is 5.97 Å². The molecule has 8 nitrogen and oxygen atoms in total. The molecule has 0 spiro atoms. The first-order valence-corrected chi connectivity index (χ1v) is 11.8. The Morgan fingerprint density at radius 1 is 1.23 bits per heavy atom. The van der Waals surface area contributed by atoms with Gasteiger partial charge in [-0.15, -0.1) is 0 Å². The minimum Gasteiger partial charge on any atom is -0.462 e. The monoisotopic (exact) mass is 499 g/mol. The average molecular weight is 500 g/mol. The summed E-state index contributed by atoms with van der Waals surface area (Å²) in [6, 6.07) is 6.27. The zero-order valence-electron chi connectivity index (χ0n) is 19.8. The molecule has 1 aliphatic heterocycles. The van der Waals surface area contributed by atoms with Gasteiger partial charge in [0.25, 0.3) is 0 Å². The number of halogens is 2. The van der Waals surface area contributed by atoms with Crippen LogP contribution in [0.4, 0.5) is 16.0 Å². The number of nitrogens with one attached hydrogen (secondary N) is 1. The summed E-state index contributed by atoms with van der Waals surface area (Å²) >= 11 is 5.94. The summed E-state index contributed by atoms with van der Waals surface area (Å²) in [6.45, 7) is 6.97. The van der Waals surface area contributed by atoms with E-state index in [0.29, 0.717) is 37.0 Å². The molecule has 184 valence electrons. The predicted molar refractivity (Wildman–Crippen MR) is 132 cm³/mol. The highest BCUT2D eigenvalue weighted by atomic mass is 35.5. The van der Waals surface area contributed by atoms with Gasteiger partial charge in [-0.2, -0.15) is 0 Å². The van der Waals surface area contributed by atoms with E-state index >= 15 is 0 Å². The summed E-state index contributed by atoms with van der Waals surface area (Å²) in [7, 11) is 0. The van der Waals surface area contributed by atoms with Crippen LogP contribution in [-0.4, -0.2) is 52.4 Å². The van der Waals surface area contributed by atoms with Crippen LogP contribution in [0.25, 0.3) is 11.1 Å². The van der Waals surface area contributed by atoms with Gasteiger partial charge in [-0.05, 0) is 44.5 Å². The van der Waals surface area contributed by atoms with Crippen LogP contribution in [-0.2, 0) is 9.47 Å². The lowest BCUT2D eigenvalue weighted by Gasteiger charge is -2.45. The Hall–Kier alpha value is -3.30. The number of carbonyl (C=O) groups excluding carboxylic acids is 1. The van der Waals surface area contributed by atoms with E-state index in [1.54, 1.807) is 37.6 Å². The molecule has 3 heterocycles. The molecule has 3 aromatic rings. The van der Waals surface area contributed by atoms with Crippen LogP contribution in [0.15, 0.2) is 49.1 Å². The number of ether oxygens (including phenoxy) is 2. The second-order valence-electron chi connectivity index (χ2n) is 8.44. The van der Waals surface area contributed by atoms with Crippen molar-refractivity contribution in [3.05, 3.63) is 65.5 Å². The summed E-state index contributed by atoms with van der Waals surface area (Å²) in [4.78, 5) is 27.5. The number of morpholine rings is 1. The Morgan fingerprint density at radius 3 is 2.69 bits per heavy atom. The van der Waals surface area contributed by atoms with Gasteiger partial charge in [0, 0.05) is 41.6 Å². The first kappa shape index (κ1) is 24.8. The molecule has 35 heavy (non-hydrogen) atoms. The molecule has 0 saturated carbocycles. The fourth-order valence-electron chi connectivity index (χ4n) is 3.94. The number of benzene rings is 1. The SMILES string of the molecule is CCOC(=O)c1cncc(-c2cnc(N3CC(C)(Nc4ccc(F)c(Cl)c4)OCC3CC)nc2)c1. The topological polar surface area (TPSA) is 89.5 Å². The smallest absolute Gasteiger partial charge is 0.339 e. The Bertz CT molecular complexity index is 1200. The molecule has 10 heteroatoms. The number of carbonyl (C=O) groups is 1. The number of hydrogen-bond donors (Lipinski definition) is 1. The molecule has 0 aliphatic carbocycles. The molecule has 1 aromatic carbocycles. The van der Waals surface area contributed by atoms with E-state index < -0.39 is 17.5 Å². The Kier molecular flexibility index (Phi) is 7.47. The van der Waals surface area contributed by atoms with Gasteiger partial charge in [0.1, 0.15) is 5.82 Å². The molecule has 1 N–H and O–H groups in total. The number of esters is 1. The molecular weight excluding hydrogens is 473 g/mol. The lowest BCUT2D eigenvalue weighted by atomic mass is 10.1. The first-order valence-electron chi connectivity index (χ1n) is 11.4. The zero-order chi connectivity index (χ0) is 25.0. The van der Waals surface area contributed by atoms with Crippen LogP contribution in [0.3, 0.4) is 0 Å². The van der Waals surface area contributed by atoms with Gasteiger partial charge in [0.2, 0.25) is 5.95 Å². The van der Waals surface area contributed by atoms with Gasteiger partial charge in [0.15, 0.2) is 5.72 Å². The number of aromatic nitrogens is 3. The summed E-state index contributed by atoms with van der Waals surface area (Å²) < 4.78 is 24.8. The zero-order valence-corrected chi connectivity index (χ0v) is 20.6. The van der Waals surface area contributed by atoms with E-state index in [4.69, 9.17) is 21.1 Å². The highest BCUT2D eigenvalue weighted by Gasteiger charge is 2.38. The molecule has 1 fully saturated rings. The van der Waals surface area contributed by atoms with Crippen LogP contribution in [0.2, 0.25) is 5.02 Å². The normalized spacial score (nSPS) is 19.9. The molecule has 1 aliphatic rings. The second kappa shape index (κ2) is 10.5. The van der Waals surface area contributed by atoms with E-state index in [2.05, 4.69) is 32.1 Å². The lowest BCUT2D eigenvalue weighted by molar-refractivity contribution is -0.0390. The third-order valence-corrected chi connectivity index (χ3v) is 6.07. The van der Waals surface area contributed by atoms with Gasteiger partial charge in [0.05, 0.1) is 36.4 Å². The maximum Gasteiger partial charge on any atom is 0.339 e. The Labute approximate surface area is 208 Å². The highest BCUT2D eigenvalue weighted by molar-refractivity contribution is 6.31. The molecular formula is C25H27ClFN5O3. The number of rotatable bonds is 7. The van der Waals surface area contributed by atoms with Crippen molar-refractivity contribution in [2.45, 2.75) is 39.0 Å². The van der Waals surface area contributed by atoms with E-state index in [1.807, 2.05) is 6.92 Å². The molecule has 0 bridgehead atoms. The van der Waals surface area contributed by atoms with Crippen LogP contribution in [0, 0.1) is 5.82 Å². The van der Waals surface area contributed by atoms with Gasteiger partial charge in [-0.25, -0.2) is 19.2 Å². The minimum atomic E-state index is -0.771. The first-order chi connectivity index (χ1) is 16.8. The van der Waals surface area contributed by atoms with Crippen molar-refractivity contribution >= 4 is 29.2 Å². The van der Waals surface area contributed by atoms with E-state index in [-0.39, 0.29) is 11.1 Å². The number of hydrogen-bond acceptors (Lipinski definition) is 8. The van der Waals surface area contributed by atoms with Gasteiger partial charge in [-0.3, -0.25) is 4.98 Å². The quantitative estimate of drug-likeness (QED) is 0.457. The van der Waals surface area contributed by atoms with E-state index in [1.165, 1.54) is 18.3 Å². The van der Waals surface area contributed by atoms with Crippen LogP contribution in [0.1, 0.15) is 37.6 Å². The molecule has 2 atom stereocenters. The van der Waals surface area contributed by atoms with Crippen LogP contribution in [0.5, 0.6) is 0 Å². The molecule has 0 radical (unpaired) electrons. The molecule has 2 aromatic heterocycles. The van der Waals surface area contributed by atoms with Crippen molar-refractivity contribution in [2.24, 2.45) is 0 Å². The maximum atomic E-state index is 13.6. The number of nitrogens with zero attached hydrogens (tertiary/aromatic N) is 4. The van der Waals surface area contributed by atoms with Crippen LogP contribution < -0.4 is 10.2 Å². The van der Waals surface area contributed by atoms with Crippen molar-refractivity contribution in [2.75, 3.05) is 30.0 Å². The molecule has 4 rings (SSSR count). The molecule has 1 saturated heterocycles. The third kappa shape index (κ3) is 5.68. The second-order valence-corrected chi connectivity index (χ2v) is 8.85. The third-order valence-electron chi connectivity index (χ3n) is 5.78. The largest absolute Gasteiger partial charge is 0.462 e. The Morgan fingerprint density at radius 2 is 2.00 bits per heavy atom. The lowest BCUT2D eigenvalue weighted by Crippen LogP contribution is -2.59. The van der Waals surface area contributed by atoms with E-state index in [0.717, 1.165) is 17.5 Å². The average Bonchev–Trinajstić information content (AvgIpc) is 2.86. The standard InChI is InChI=1S/C25H27ClFN5O3/c1-4-20-14-35-25(3,31-19-6-7-22(27)21(26)9-19)15-32(20)24-29-12-18(13-30-24)16-8-17(11-28-10-16)23(33)34-5-2/h6-13,20,31H,4-5,14-15H2,1-3H3. The summed E-state index contributed by atoms with van der Waals surface area (Å²) in [6.07, 6.45) is 7.38. The summed E-state index contributed by atoms with van der Waals surface area (Å²) in [5.74, 6) is -0.340. The minimum absolute atomic E-state index is 0.0399.